The molecule has 4 fully saturated rings. The molecule has 0 radical (unpaired) electrons. The first-order valence-corrected chi connectivity index (χ1v) is 15.9. The van der Waals surface area contributed by atoms with Crippen LogP contribution in [0.5, 0.6) is 0 Å². The molecule has 0 N–H and O–H groups in total. The van der Waals surface area contributed by atoms with Crippen LogP contribution in [0.2, 0.25) is 0 Å². The fourth-order valence-electron chi connectivity index (χ4n) is 6.79. The van der Waals surface area contributed by atoms with Crippen LogP contribution >= 0.6 is 15.8 Å². The summed E-state index contributed by atoms with van der Waals surface area (Å²) in [4.78, 5) is 14.5. The van der Waals surface area contributed by atoms with Crippen molar-refractivity contribution < 1.29 is 4.79 Å². The molecule has 0 aliphatic heterocycles. The zero-order chi connectivity index (χ0) is 19.2. The molecule has 0 atom stereocenters. The molecule has 0 bridgehead atoms. The number of hydrogen-bond acceptors (Lipinski definition) is 1. The zero-order valence-electron chi connectivity index (χ0n) is 18.3. The minimum atomic E-state index is -0.357. The first-order valence-electron chi connectivity index (χ1n) is 13.0. The lowest BCUT2D eigenvalue weighted by Gasteiger charge is -2.43. The van der Waals surface area contributed by atoms with E-state index in [1.165, 1.54) is 128 Å². The van der Waals surface area contributed by atoms with Crippen molar-refractivity contribution in [2.75, 3.05) is 0 Å². The van der Waals surface area contributed by atoms with E-state index in [1.54, 1.807) is 0 Å². The predicted molar refractivity (Wildman–Crippen MR) is 127 cm³/mol. The van der Waals surface area contributed by atoms with E-state index >= 15 is 0 Å². The molecule has 0 unspecified atom stereocenters. The summed E-state index contributed by atoms with van der Waals surface area (Å²) in [6.07, 6.45) is 28.2. The average molecular weight is 423 g/mol. The van der Waals surface area contributed by atoms with Gasteiger partial charge in [-0.3, -0.25) is 4.79 Å². The van der Waals surface area contributed by atoms with Gasteiger partial charge < -0.3 is 0 Å². The minimum Gasteiger partial charge on any atom is -0.289 e. The second kappa shape index (κ2) is 11.2. The Labute approximate surface area is 177 Å². The summed E-state index contributed by atoms with van der Waals surface area (Å²) in [6, 6.07) is 0. The molecule has 0 heterocycles. The SMILES string of the molecule is O=C(P(C1CCCCC1)C1CCCCC1)P(C1CCCCC1)C1CCCCC1. The monoisotopic (exact) mass is 422 g/mol. The Bertz CT molecular complexity index is 391. The van der Waals surface area contributed by atoms with E-state index < -0.39 is 0 Å². The van der Waals surface area contributed by atoms with Crippen LogP contribution in [-0.2, 0) is 0 Å². The van der Waals surface area contributed by atoms with Crippen molar-refractivity contribution in [3.05, 3.63) is 0 Å². The van der Waals surface area contributed by atoms with Gasteiger partial charge in [-0.1, -0.05) is 77.0 Å². The fraction of sp³-hybridized carbons (Fsp3) is 0.960. The molecular weight excluding hydrogens is 378 g/mol. The predicted octanol–water partition coefficient (Wildman–Crippen LogP) is 9.40. The van der Waals surface area contributed by atoms with E-state index in [0.717, 1.165) is 27.9 Å². The molecule has 4 rings (SSSR count). The van der Waals surface area contributed by atoms with Gasteiger partial charge in [-0.25, -0.2) is 0 Å². The van der Waals surface area contributed by atoms with Gasteiger partial charge in [0.05, 0.1) is 0 Å². The summed E-state index contributed by atoms with van der Waals surface area (Å²) in [5.74, 6) is 0. The highest BCUT2D eigenvalue weighted by Gasteiger charge is 2.44. The van der Waals surface area contributed by atoms with Crippen molar-refractivity contribution in [1.29, 1.82) is 0 Å². The summed E-state index contributed by atoms with van der Waals surface area (Å²) in [5, 5.41) is 0.933. The van der Waals surface area contributed by atoms with Crippen molar-refractivity contribution in [1.82, 2.24) is 0 Å². The van der Waals surface area contributed by atoms with Crippen LogP contribution < -0.4 is 0 Å². The van der Waals surface area contributed by atoms with Crippen LogP contribution in [0.1, 0.15) is 128 Å². The third kappa shape index (κ3) is 5.41. The largest absolute Gasteiger partial charge is 0.289 e. The third-order valence-electron chi connectivity index (χ3n) is 8.31. The first-order chi connectivity index (χ1) is 13.8. The second-order valence-electron chi connectivity index (χ2n) is 10.3. The number of rotatable bonds is 6. The highest BCUT2D eigenvalue weighted by atomic mass is 31.2. The maximum absolute atomic E-state index is 14.5. The van der Waals surface area contributed by atoms with E-state index in [1.807, 2.05) is 0 Å². The van der Waals surface area contributed by atoms with Crippen molar-refractivity contribution in [3.63, 3.8) is 0 Å². The molecule has 0 aromatic carbocycles. The van der Waals surface area contributed by atoms with Gasteiger partial charge in [0, 0.05) is 0 Å². The highest BCUT2D eigenvalue weighted by Crippen LogP contribution is 2.69. The fourth-order valence-corrected chi connectivity index (χ4v) is 15.9. The van der Waals surface area contributed by atoms with Gasteiger partial charge in [0.15, 0.2) is 5.27 Å². The van der Waals surface area contributed by atoms with Crippen molar-refractivity contribution in [2.24, 2.45) is 0 Å². The molecule has 4 aliphatic rings. The van der Waals surface area contributed by atoms with E-state index in [9.17, 15) is 4.79 Å². The van der Waals surface area contributed by atoms with Gasteiger partial charge in [0.25, 0.3) is 0 Å². The van der Waals surface area contributed by atoms with Crippen LogP contribution in [0.4, 0.5) is 4.79 Å². The van der Waals surface area contributed by atoms with Crippen LogP contribution in [0.15, 0.2) is 0 Å². The van der Waals surface area contributed by atoms with Crippen LogP contribution in [-0.4, -0.2) is 27.9 Å². The second-order valence-corrected chi connectivity index (χ2v) is 16.0. The van der Waals surface area contributed by atoms with Crippen molar-refractivity contribution in [2.45, 2.75) is 151 Å². The minimum absolute atomic E-state index is 0.357. The molecular formula is C25H44OP2. The zero-order valence-corrected chi connectivity index (χ0v) is 20.0. The number of carbonyl (C=O) groups excluding carboxylic acids is 1. The number of hydrogen-bond donors (Lipinski definition) is 0. The standard InChI is InChI=1S/C25H44OP2/c26-25(27(21-13-5-1-6-14-21)22-15-7-2-8-16-22)28(23-17-9-3-10-18-23)24-19-11-4-12-20-24/h21-24H,1-20H2. The quantitative estimate of drug-likeness (QED) is 0.390. The van der Waals surface area contributed by atoms with Gasteiger partial charge in [-0.15, -0.1) is 0 Å². The first kappa shape index (κ1) is 21.8. The molecule has 3 heteroatoms. The summed E-state index contributed by atoms with van der Waals surface area (Å²) >= 11 is 0. The highest BCUT2D eigenvalue weighted by molar-refractivity contribution is 8.01. The summed E-state index contributed by atoms with van der Waals surface area (Å²) in [5.41, 5.74) is 3.26. The third-order valence-corrected chi connectivity index (χ3v) is 15.8. The molecule has 0 amide bonds. The molecule has 0 aromatic heterocycles. The van der Waals surface area contributed by atoms with Gasteiger partial charge in [-0.2, -0.15) is 0 Å². The van der Waals surface area contributed by atoms with Crippen molar-refractivity contribution >= 4 is 21.1 Å². The molecule has 28 heavy (non-hydrogen) atoms. The Morgan fingerprint density at radius 3 is 0.821 bits per heavy atom. The lowest BCUT2D eigenvalue weighted by atomic mass is 9.99. The molecule has 0 spiro atoms. The molecule has 0 saturated heterocycles. The van der Waals surface area contributed by atoms with Gasteiger partial charge in [0.2, 0.25) is 0 Å². The summed E-state index contributed by atoms with van der Waals surface area (Å²) < 4.78 is 0. The molecule has 4 aliphatic carbocycles. The van der Waals surface area contributed by atoms with Crippen molar-refractivity contribution in [3.8, 4) is 0 Å². The van der Waals surface area contributed by atoms with E-state index in [-0.39, 0.29) is 15.8 Å². The van der Waals surface area contributed by atoms with Crippen LogP contribution in [0, 0.1) is 0 Å². The average Bonchev–Trinajstić information content (AvgIpc) is 2.77. The Kier molecular flexibility index (Phi) is 8.73. The van der Waals surface area contributed by atoms with E-state index in [0.29, 0.717) is 0 Å². The van der Waals surface area contributed by atoms with Gasteiger partial charge in [-0.05, 0) is 89.8 Å². The maximum Gasteiger partial charge on any atom is 0.176 e. The Balaban J connectivity index is 1.57. The molecule has 4 saturated carbocycles. The van der Waals surface area contributed by atoms with Crippen LogP contribution in [0.25, 0.3) is 0 Å². The van der Waals surface area contributed by atoms with Gasteiger partial charge in [0.1, 0.15) is 0 Å². The Hall–Kier alpha value is 0.530. The lowest BCUT2D eigenvalue weighted by Crippen LogP contribution is -2.28. The Morgan fingerprint density at radius 2 is 0.607 bits per heavy atom. The topological polar surface area (TPSA) is 17.1 Å². The Morgan fingerprint density at radius 1 is 0.393 bits per heavy atom. The van der Waals surface area contributed by atoms with Gasteiger partial charge >= 0.3 is 0 Å². The summed E-state index contributed by atoms with van der Waals surface area (Å²) in [6.45, 7) is 0. The van der Waals surface area contributed by atoms with E-state index in [4.69, 9.17) is 0 Å². The molecule has 1 nitrogen and oxygen atoms in total. The summed E-state index contributed by atoms with van der Waals surface area (Å²) in [7, 11) is -0.715. The number of carbonyl (C=O) groups is 1. The van der Waals surface area contributed by atoms with Crippen LogP contribution in [0.3, 0.4) is 0 Å². The lowest BCUT2D eigenvalue weighted by molar-refractivity contribution is 0.273. The molecule has 0 aromatic rings. The smallest absolute Gasteiger partial charge is 0.176 e. The maximum atomic E-state index is 14.5. The normalized spacial score (nSPS) is 27.5. The van der Waals surface area contributed by atoms with E-state index in [2.05, 4.69) is 0 Å². The molecule has 160 valence electrons.